The molecule has 0 radical (unpaired) electrons. The van der Waals surface area contributed by atoms with Gasteiger partial charge in [0.05, 0.1) is 24.1 Å². The number of carbonyl (C=O) groups is 4. The largest absolute Gasteiger partial charge is 0.492 e. The highest BCUT2D eigenvalue weighted by Gasteiger charge is 2.77. The number of ether oxygens (including phenoxy) is 3. The first-order chi connectivity index (χ1) is 28.0. The number of nitrogens with one attached hydrogen (secondary N) is 1. The third kappa shape index (κ3) is 6.04. The number of esters is 2. The van der Waals surface area contributed by atoms with Crippen molar-refractivity contribution in [3.05, 3.63) is 57.7 Å². The molecule has 2 heterocycles. The van der Waals surface area contributed by atoms with Crippen molar-refractivity contribution >= 4 is 40.1 Å². The molecule has 59 heavy (non-hydrogen) atoms. The number of aromatic nitrogens is 1. The molecule has 0 spiro atoms. The van der Waals surface area contributed by atoms with Crippen LogP contribution in [0.2, 0.25) is 0 Å². The predicted octanol–water partition coefficient (Wildman–Crippen LogP) is 5.71. The van der Waals surface area contributed by atoms with Crippen molar-refractivity contribution in [2.45, 2.75) is 115 Å². The number of piperazine rings is 1. The predicted molar refractivity (Wildman–Crippen MR) is 215 cm³/mol. The first kappa shape index (κ1) is 41.3. The fraction of sp³-hybridized carbons (Fsp3) is 0.622. The number of allylic oxidation sites excluding steroid dienone is 4. The summed E-state index contributed by atoms with van der Waals surface area (Å²) in [6, 6.07) is 1.14. The Kier molecular flexibility index (Phi) is 10.2. The van der Waals surface area contributed by atoms with Crippen LogP contribution in [0, 0.1) is 34.4 Å². The molecular formula is C45H55F2N3O9. The van der Waals surface area contributed by atoms with Crippen LogP contribution in [0.15, 0.2) is 40.9 Å². The normalized spacial score (nSPS) is 35.1. The van der Waals surface area contributed by atoms with E-state index in [2.05, 4.69) is 5.32 Å². The number of carbonyl (C=O) groups excluding carboxylic acids is 4. The minimum absolute atomic E-state index is 0.000423. The van der Waals surface area contributed by atoms with Crippen LogP contribution in [0.1, 0.15) is 102 Å². The lowest BCUT2D eigenvalue weighted by atomic mass is 9.44. The van der Waals surface area contributed by atoms with Gasteiger partial charge in [0.2, 0.25) is 11.2 Å². The molecule has 6 aliphatic rings. The van der Waals surface area contributed by atoms with E-state index in [1.807, 2.05) is 11.8 Å². The number of alkyl halides is 1. The number of rotatable bonds is 10. The standard InChI is InChI=1S/C45H55F2N3O9/c1-7-8-36(54)59-45(24(2)17-32-31-12-9-26-18-28(51)13-14-42(26,4)44(31,47)34(52)20-43(32,45)5)35(53)23-58-41(56)30-22-50(27-10-11-27)37-29(39(30)55)19-33(46)38(40(37)57-6)49-16-15-48-25(3)21-49/h13-14,18-19,22,24-25,27,31-32,34,48,52H,7-12,15-17,20-21,23H2,1-6H3/t24-,25?,31-,32-,34-,42-,43-,44-,45-/m0/s1. The lowest BCUT2D eigenvalue weighted by Gasteiger charge is -2.62. The molecule has 9 atom stereocenters. The maximum atomic E-state index is 17.9. The average molecular weight is 820 g/mol. The number of methoxy groups -OCH3 is 1. The van der Waals surface area contributed by atoms with Gasteiger partial charge in [-0.3, -0.25) is 19.2 Å². The van der Waals surface area contributed by atoms with E-state index in [1.54, 1.807) is 38.3 Å². The Morgan fingerprint density at radius 3 is 2.53 bits per heavy atom. The molecule has 318 valence electrons. The van der Waals surface area contributed by atoms with Crippen molar-refractivity contribution in [1.82, 2.24) is 9.88 Å². The molecule has 2 aromatic rings. The topological polar surface area (TPSA) is 153 Å². The molecule has 1 aliphatic heterocycles. The van der Waals surface area contributed by atoms with Crippen LogP contribution < -0.4 is 20.4 Å². The molecule has 5 fully saturated rings. The maximum Gasteiger partial charge on any atom is 0.344 e. The van der Waals surface area contributed by atoms with Crippen molar-refractivity contribution in [3.63, 3.8) is 0 Å². The molecule has 4 saturated carbocycles. The number of fused-ring (bicyclic) bond motifs is 6. The Labute approximate surface area is 342 Å². The van der Waals surface area contributed by atoms with Crippen LogP contribution in [0.3, 0.4) is 0 Å². The molecule has 12 nitrogen and oxygen atoms in total. The zero-order valence-electron chi connectivity index (χ0n) is 34.7. The monoisotopic (exact) mass is 819 g/mol. The summed E-state index contributed by atoms with van der Waals surface area (Å²) >= 11 is 0. The van der Waals surface area contributed by atoms with Crippen molar-refractivity contribution in [3.8, 4) is 5.75 Å². The van der Waals surface area contributed by atoms with Gasteiger partial charge in [0.1, 0.15) is 11.3 Å². The minimum Gasteiger partial charge on any atom is -0.492 e. The highest BCUT2D eigenvalue weighted by molar-refractivity contribution is 6.02. The zero-order chi connectivity index (χ0) is 42.4. The summed E-state index contributed by atoms with van der Waals surface area (Å²) in [5.74, 6) is -5.14. The van der Waals surface area contributed by atoms with Gasteiger partial charge in [0, 0.05) is 67.0 Å². The van der Waals surface area contributed by atoms with Crippen molar-refractivity contribution < 1.29 is 47.3 Å². The quantitative estimate of drug-likeness (QED) is 0.284. The third-order valence-electron chi connectivity index (χ3n) is 14.9. The lowest BCUT2D eigenvalue weighted by molar-refractivity contribution is -0.228. The molecule has 1 saturated heterocycles. The van der Waals surface area contributed by atoms with Crippen LogP contribution in [0.25, 0.3) is 10.9 Å². The Morgan fingerprint density at radius 1 is 1.10 bits per heavy atom. The number of Topliss-reactive ketones (excluding diaryl/α,β-unsaturated/α-hetero) is 1. The van der Waals surface area contributed by atoms with E-state index in [4.69, 9.17) is 14.2 Å². The summed E-state index contributed by atoms with van der Waals surface area (Å²) in [7, 11) is 1.42. The van der Waals surface area contributed by atoms with E-state index in [0.29, 0.717) is 50.0 Å². The van der Waals surface area contributed by atoms with Gasteiger partial charge >= 0.3 is 11.9 Å². The number of hydrogen-bond acceptors (Lipinski definition) is 11. The molecule has 1 aromatic carbocycles. The van der Waals surface area contributed by atoms with Gasteiger partial charge in [-0.2, -0.15) is 0 Å². The van der Waals surface area contributed by atoms with Gasteiger partial charge in [0.25, 0.3) is 0 Å². The molecule has 5 aliphatic carbocycles. The van der Waals surface area contributed by atoms with Crippen LogP contribution in [0.5, 0.6) is 5.75 Å². The molecule has 1 unspecified atom stereocenters. The van der Waals surface area contributed by atoms with Crippen molar-refractivity contribution in [2.75, 3.05) is 38.3 Å². The second-order valence-corrected chi connectivity index (χ2v) is 18.3. The van der Waals surface area contributed by atoms with Gasteiger partial charge in [-0.1, -0.05) is 32.4 Å². The van der Waals surface area contributed by atoms with Crippen LogP contribution in [-0.4, -0.2) is 89.9 Å². The third-order valence-corrected chi connectivity index (χ3v) is 14.9. The number of halogens is 2. The van der Waals surface area contributed by atoms with E-state index in [1.165, 1.54) is 25.5 Å². The van der Waals surface area contributed by atoms with Crippen LogP contribution >= 0.6 is 0 Å². The number of ketones is 2. The molecule has 14 heteroatoms. The van der Waals surface area contributed by atoms with E-state index >= 15 is 8.78 Å². The maximum absolute atomic E-state index is 17.9. The molecule has 1 aromatic heterocycles. The molecule has 2 N–H and O–H groups in total. The first-order valence-corrected chi connectivity index (χ1v) is 21.1. The fourth-order valence-electron chi connectivity index (χ4n) is 12.0. The van der Waals surface area contributed by atoms with E-state index in [0.717, 1.165) is 18.9 Å². The van der Waals surface area contributed by atoms with Gasteiger partial charge in [-0.15, -0.1) is 0 Å². The highest BCUT2D eigenvalue weighted by atomic mass is 19.1. The van der Waals surface area contributed by atoms with Crippen LogP contribution in [0.4, 0.5) is 14.5 Å². The Bertz CT molecular complexity index is 2250. The SMILES string of the molecule is CCCC(=O)O[C@]1(C(=O)COC(=O)c2cn(C3CC3)c3c(OC)c(N4CCNC(C)C4)c(F)cc3c2=O)[C@@H](C)C[C@H]2[C@@H]3CCC4=CC(=O)C=C[C@]4(C)[C@@]3(F)[C@@H](O)C[C@@]21C. The summed E-state index contributed by atoms with van der Waals surface area (Å²) in [4.78, 5) is 70.7. The minimum atomic E-state index is -2.18. The summed E-state index contributed by atoms with van der Waals surface area (Å²) in [6.45, 7) is 9.82. The fourth-order valence-corrected chi connectivity index (χ4v) is 12.0. The summed E-state index contributed by atoms with van der Waals surface area (Å²) in [5, 5.41) is 15.2. The van der Waals surface area contributed by atoms with Gasteiger partial charge in [-0.25, -0.2) is 13.6 Å². The number of aliphatic hydroxyl groups is 1. The van der Waals surface area contributed by atoms with Crippen LogP contribution in [-0.2, 0) is 23.9 Å². The number of anilines is 1. The number of hydrogen-bond donors (Lipinski definition) is 2. The molecule has 0 amide bonds. The summed E-state index contributed by atoms with van der Waals surface area (Å²) < 4.78 is 53.6. The van der Waals surface area contributed by atoms with E-state index in [9.17, 15) is 29.1 Å². The Balaban J connectivity index is 1.13. The molecule has 0 bridgehead atoms. The molecule has 8 rings (SSSR count). The number of nitrogens with zero attached hydrogens (tertiary/aromatic N) is 2. The van der Waals surface area contributed by atoms with Gasteiger partial charge < -0.3 is 34.1 Å². The second-order valence-electron chi connectivity index (χ2n) is 18.3. The second kappa shape index (κ2) is 14.6. The molecular weight excluding hydrogens is 765 g/mol. The van der Waals surface area contributed by atoms with E-state index in [-0.39, 0.29) is 54.0 Å². The lowest BCUT2D eigenvalue weighted by Crippen LogP contribution is -2.70. The summed E-state index contributed by atoms with van der Waals surface area (Å²) in [5.41, 5.74) is -6.58. The zero-order valence-corrected chi connectivity index (χ0v) is 34.7. The smallest absolute Gasteiger partial charge is 0.344 e. The Hall–Kier alpha value is -4.43. The average Bonchev–Trinajstić information content (AvgIpc) is 4.01. The number of aliphatic hydroxyl groups excluding tert-OH is 1. The highest BCUT2D eigenvalue weighted by Crippen LogP contribution is 2.71. The van der Waals surface area contributed by atoms with Gasteiger partial charge in [0.15, 0.2) is 35.2 Å². The van der Waals surface area contributed by atoms with Crippen molar-refractivity contribution in [1.29, 1.82) is 0 Å². The number of benzene rings is 1. The van der Waals surface area contributed by atoms with Gasteiger partial charge in [-0.05, 0) is 82.9 Å². The summed E-state index contributed by atoms with van der Waals surface area (Å²) in [6.07, 6.45) is 6.86. The Morgan fingerprint density at radius 2 is 1.85 bits per heavy atom. The van der Waals surface area contributed by atoms with Crippen molar-refractivity contribution in [2.24, 2.45) is 28.6 Å². The number of pyridine rings is 1. The first-order valence-electron chi connectivity index (χ1n) is 21.1. The van der Waals surface area contributed by atoms with E-state index < -0.39 is 87.1 Å².